The lowest BCUT2D eigenvalue weighted by molar-refractivity contribution is -0.118. The molecule has 7 rings (SSSR count). The van der Waals surface area contributed by atoms with Gasteiger partial charge >= 0.3 is 0 Å². The Balaban J connectivity index is 1.28. The van der Waals surface area contributed by atoms with Crippen LogP contribution in [0.25, 0.3) is 0 Å². The number of fused-ring (bicyclic) bond motifs is 6. The molecule has 1 fully saturated rings. The van der Waals surface area contributed by atoms with Gasteiger partial charge in [-0.05, 0) is 86.6 Å². The molecule has 3 heterocycles. The van der Waals surface area contributed by atoms with Gasteiger partial charge < -0.3 is 14.4 Å². The monoisotopic (exact) mass is 610 g/mol. The van der Waals surface area contributed by atoms with Gasteiger partial charge in [-0.15, -0.1) is 0 Å². The van der Waals surface area contributed by atoms with Crippen LogP contribution in [-0.2, 0) is 44.4 Å². The number of carbonyl (C=O) groups is 1. The maximum absolute atomic E-state index is 13.4. The van der Waals surface area contributed by atoms with Gasteiger partial charge in [-0.25, -0.2) is 13.1 Å². The third kappa shape index (κ3) is 5.07. The van der Waals surface area contributed by atoms with Crippen molar-refractivity contribution in [3.63, 3.8) is 0 Å². The van der Waals surface area contributed by atoms with Crippen molar-refractivity contribution in [1.29, 1.82) is 0 Å². The Morgan fingerprint density at radius 3 is 2.86 bits per heavy atom. The van der Waals surface area contributed by atoms with Crippen LogP contribution in [0, 0.1) is 12.8 Å². The van der Waals surface area contributed by atoms with Gasteiger partial charge in [-0.1, -0.05) is 17.7 Å². The summed E-state index contributed by atoms with van der Waals surface area (Å²) in [6, 6.07) is 12.9. The van der Waals surface area contributed by atoms with Gasteiger partial charge in [0.05, 0.1) is 48.6 Å². The Bertz CT molecular complexity index is 1660. The number of halogens is 1. The molecule has 1 spiro atoms. The minimum absolute atomic E-state index is 0.0300. The van der Waals surface area contributed by atoms with Crippen molar-refractivity contribution in [2.75, 3.05) is 31.2 Å². The van der Waals surface area contributed by atoms with Crippen molar-refractivity contribution in [1.82, 2.24) is 14.5 Å². The fourth-order valence-corrected chi connectivity index (χ4v) is 8.30. The molecule has 11 heteroatoms. The molecule has 4 aliphatic rings. The zero-order chi connectivity index (χ0) is 29.1. The number of sulfonamides is 1. The standard InChI is InChI=1S/C31H35ClN4O5S/c1-20-13-24-15-30(37)34-42(38,39)25-6-9-29-27(16-25)35(17-22-4-8-28(22)40-12-11-36(20)33-24)18-31(19-41-29)10-2-3-21-14-23(32)5-7-26(21)31/h5-7,9,13-14,16,22,28H,2-4,8,10-12,15,17-19H2,1H3,(H,34,37)/t22-,28+,31-/m0/s1. The molecule has 42 heavy (non-hydrogen) atoms. The minimum atomic E-state index is -4.12. The normalized spacial score (nSPS) is 27.0. The SMILES string of the molecule is Cc1cc2nn1CCO[C@@H]1CC[C@H]1CN1C[C@@]3(CCCc4cc(Cl)ccc43)COc3ccc(cc31)S(=O)(=O)NC(=O)C2. The van der Waals surface area contributed by atoms with Crippen LogP contribution < -0.4 is 14.4 Å². The second-order valence-corrected chi connectivity index (χ2v) is 14.3. The molecule has 3 aromatic rings. The number of hydrogen-bond acceptors (Lipinski definition) is 7. The molecule has 2 aromatic carbocycles. The number of nitrogens with zero attached hydrogens (tertiary/aromatic N) is 3. The Morgan fingerprint density at radius 2 is 2.02 bits per heavy atom. The molecule has 222 valence electrons. The first-order chi connectivity index (χ1) is 20.2. The molecule has 2 aliphatic carbocycles. The number of aromatic nitrogens is 2. The van der Waals surface area contributed by atoms with Crippen molar-refractivity contribution in [2.45, 2.75) is 68.4 Å². The van der Waals surface area contributed by atoms with E-state index >= 15 is 0 Å². The third-order valence-electron chi connectivity index (χ3n) is 9.38. The van der Waals surface area contributed by atoms with Crippen LogP contribution >= 0.6 is 11.6 Å². The highest BCUT2D eigenvalue weighted by Gasteiger charge is 2.43. The van der Waals surface area contributed by atoms with E-state index in [0.29, 0.717) is 50.2 Å². The van der Waals surface area contributed by atoms with Crippen LogP contribution in [0.15, 0.2) is 47.4 Å². The van der Waals surface area contributed by atoms with Gasteiger partial charge in [0.1, 0.15) is 5.75 Å². The third-order valence-corrected chi connectivity index (χ3v) is 11.0. The number of rotatable bonds is 0. The number of aryl methyl sites for hydroxylation is 2. The number of anilines is 1. The fourth-order valence-electron chi connectivity index (χ4n) is 7.10. The molecule has 3 atom stereocenters. The van der Waals surface area contributed by atoms with Crippen LogP contribution in [0.3, 0.4) is 0 Å². The van der Waals surface area contributed by atoms with E-state index in [1.54, 1.807) is 12.1 Å². The summed E-state index contributed by atoms with van der Waals surface area (Å²) in [4.78, 5) is 15.2. The molecule has 2 aliphatic heterocycles. The number of amides is 1. The summed E-state index contributed by atoms with van der Waals surface area (Å²) in [6.07, 6.45) is 4.97. The Hall–Kier alpha value is -3.08. The smallest absolute Gasteiger partial charge is 0.264 e. The molecular formula is C31H35ClN4O5S. The number of nitrogens with one attached hydrogen (secondary N) is 1. The Kier molecular flexibility index (Phi) is 6.98. The van der Waals surface area contributed by atoms with E-state index in [0.717, 1.165) is 48.5 Å². The molecule has 0 unspecified atom stereocenters. The van der Waals surface area contributed by atoms with Crippen molar-refractivity contribution >= 4 is 33.2 Å². The summed E-state index contributed by atoms with van der Waals surface area (Å²) in [7, 11) is -4.12. The van der Waals surface area contributed by atoms with Crippen LogP contribution in [0.4, 0.5) is 5.69 Å². The summed E-state index contributed by atoms with van der Waals surface area (Å²) in [5.41, 5.74) is 4.39. The first-order valence-corrected chi connectivity index (χ1v) is 16.6. The van der Waals surface area contributed by atoms with Crippen LogP contribution in [0.2, 0.25) is 5.02 Å². The van der Waals surface area contributed by atoms with Crippen molar-refractivity contribution < 1.29 is 22.7 Å². The lowest BCUT2D eigenvalue weighted by Gasteiger charge is -2.44. The van der Waals surface area contributed by atoms with Crippen LogP contribution in [0.5, 0.6) is 5.75 Å². The fraction of sp³-hybridized carbons (Fsp3) is 0.484. The molecule has 9 nitrogen and oxygen atoms in total. The maximum atomic E-state index is 13.4. The van der Waals surface area contributed by atoms with E-state index < -0.39 is 15.9 Å². The topological polar surface area (TPSA) is 103 Å². The van der Waals surface area contributed by atoms with Crippen LogP contribution in [0.1, 0.15) is 48.2 Å². The van der Waals surface area contributed by atoms with Gasteiger partial charge in [0.2, 0.25) is 5.91 Å². The molecule has 1 saturated carbocycles. The predicted molar refractivity (Wildman–Crippen MR) is 159 cm³/mol. The molecule has 1 N–H and O–H groups in total. The van der Waals surface area contributed by atoms with Crippen molar-refractivity contribution in [3.8, 4) is 5.75 Å². The summed E-state index contributed by atoms with van der Waals surface area (Å²) in [5, 5.41) is 5.25. The van der Waals surface area contributed by atoms with E-state index in [4.69, 9.17) is 21.1 Å². The van der Waals surface area contributed by atoms with E-state index in [1.165, 1.54) is 17.2 Å². The number of benzene rings is 2. The Labute approximate surface area is 251 Å². The first-order valence-electron chi connectivity index (χ1n) is 14.7. The van der Waals surface area contributed by atoms with Gasteiger partial charge in [-0.3, -0.25) is 9.48 Å². The van der Waals surface area contributed by atoms with Crippen LogP contribution in [-0.4, -0.2) is 56.5 Å². The summed E-state index contributed by atoms with van der Waals surface area (Å²) in [5.74, 6) is 0.317. The number of carbonyl (C=O) groups excluding carboxylic acids is 1. The van der Waals surface area contributed by atoms with Gasteiger partial charge in [0, 0.05) is 35.1 Å². The average molecular weight is 611 g/mol. The largest absolute Gasteiger partial charge is 0.490 e. The first kappa shape index (κ1) is 27.7. The molecule has 0 saturated heterocycles. The second-order valence-electron chi connectivity index (χ2n) is 12.2. The quantitative estimate of drug-likeness (QED) is 0.407. The maximum Gasteiger partial charge on any atom is 0.264 e. The summed E-state index contributed by atoms with van der Waals surface area (Å²) in [6.45, 7) is 4.90. The van der Waals surface area contributed by atoms with Gasteiger partial charge in [-0.2, -0.15) is 5.10 Å². The number of hydrogen-bond donors (Lipinski definition) is 1. The molecule has 0 radical (unpaired) electrons. The highest BCUT2D eigenvalue weighted by atomic mass is 35.5. The molecular weight excluding hydrogens is 576 g/mol. The Morgan fingerprint density at radius 1 is 1.14 bits per heavy atom. The minimum Gasteiger partial charge on any atom is -0.490 e. The van der Waals surface area contributed by atoms with Gasteiger partial charge in [0.25, 0.3) is 10.0 Å². The predicted octanol–water partition coefficient (Wildman–Crippen LogP) is 4.17. The summed E-state index contributed by atoms with van der Waals surface area (Å²) >= 11 is 6.38. The second kappa shape index (κ2) is 10.6. The van der Waals surface area contributed by atoms with Crippen molar-refractivity contribution in [2.24, 2.45) is 5.92 Å². The average Bonchev–Trinajstić information content (AvgIpc) is 3.20. The summed E-state index contributed by atoms with van der Waals surface area (Å²) < 4.78 is 43.8. The number of ether oxygens (including phenoxy) is 2. The zero-order valence-electron chi connectivity index (χ0n) is 23.6. The highest BCUT2D eigenvalue weighted by molar-refractivity contribution is 7.90. The molecule has 4 bridgehead atoms. The lowest BCUT2D eigenvalue weighted by atomic mass is 9.70. The van der Waals surface area contributed by atoms with E-state index in [2.05, 4.69) is 26.9 Å². The highest BCUT2D eigenvalue weighted by Crippen LogP contribution is 2.46. The van der Waals surface area contributed by atoms with E-state index in [1.807, 2.05) is 23.7 Å². The molecule has 1 aromatic heterocycles. The van der Waals surface area contributed by atoms with Crippen molar-refractivity contribution in [3.05, 3.63) is 70.0 Å². The van der Waals surface area contributed by atoms with Gasteiger partial charge in [0.15, 0.2) is 0 Å². The molecule has 1 amide bonds. The van der Waals surface area contributed by atoms with E-state index in [-0.39, 0.29) is 22.8 Å². The van der Waals surface area contributed by atoms with E-state index in [9.17, 15) is 13.2 Å². The zero-order valence-corrected chi connectivity index (χ0v) is 25.2. The lowest BCUT2D eigenvalue weighted by Crippen LogP contribution is -2.49.